The van der Waals surface area contributed by atoms with E-state index in [9.17, 15) is 0 Å². The number of nitrogens with zero attached hydrogens (tertiary/aromatic N) is 7. The van der Waals surface area contributed by atoms with E-state index in [0.717, 1.165) is 54.2 Å². The van der Waals surface area contributed by atoms with Gasteiger partial charge in [0.1, 0.15) is 16.7 Å². The maximum absolute atomic E-state index is 4.65. The monoisotopic (exact) mass is 395 g/mol. The van der Waals surface area contributed by atoms with Gasteiger partial charge in [-0.25, -0.2) is 14.6 Å². The molecule has 122 valence electrons. The minimum absolute atomic E-state index is 0.607. The first-order valence-electron chi connectivity index (χ1n) is 7.67. The zero-order chi connectivity index (χ0) is 16.0. The van der Waals surface area contributed by atoms with Gasteiger partial charge < -0.3 is 9.80 Å². The number of aromatic nitrogens is 4. The molecule has 1 unspecified atom stereocenters. The Morgan fingerprint density at radius 2 is 1.91 bits per heavy atom. The Kier molecular flexibility index (Phi) is 3.92. The molecule has 1 saturated heterocycles. The molecular weight excluding hydrogens is 378 g/mol. The average Bonchev–Trinajstić information content (AvgIpc) is 3.12. The maximum atomic E-state index is 4.65. The number of rotatable bonds is 1. The SMILES string of the molecule is CC1CN=C(N2CCN(c3ncnc4c3c(Br)nn4C)CC2)S1. The summed E-state index contributed by atoms with van der Waals surface area (Å²) in [4.78, 5) is 18.2. The molecule has 0 radical (unpaired) electrons. The summed E-state index contributed by atoms with van der Waals surface area (Å²) in [5.74, 6) is 0.962. The number of thioether (sulfide) groups is 1. The van der Waals surface area contributed by atoms with Gasteiger partial charge in [-0.1, -0.05) is 18.7 Å². The highest BCUT2D eigenvalue weighted by atomic mass is 79.9. The summed E-state index contributed by atoms with van der Waals surface area (Å²) in [5.41, 5.74) is 0.855. The molecule has 4 heterocycles. The molecule has 0 N–H and O–H groups in total. The Morgan fingerprint density at radius 1 is 1.17 bits per heavy atom. The summed E-state index contributed by atoms with van der Waals surface area (Å²) in [6, 6.07) is 0. The number of halogens is 1. The molecule has 9 heteroatoms. The predicted octanol–water partition coefficient (Wildman–Crippen LogP) is 1.74. The van der Waals surface area contributed by atoms with Gasteiger partial charge in [0.05, 0.1) is 11.9 Å². The molecule has 4 rings (SSSR count). The van der Waals surface area contributed by atoms with Crippen molar-refractivity contribution in [1.29, 1.82) is 0 Å². The summed E-state index contributed by atoms with van der Waals surface area (Å²) >= 11 is 5.42. The number of aliphatic imine (C=N–C) groups is 1. The van der Waals surface area contributed by atoms with Gasteiger partial charge >= 0.3 is 0 Å². The van der Waals surface area contributed by atoms with E-state index >= 15 is 0 Å². The average molecular weight is 396 g/mol. The van der Waals surface area contributed by atoms with Crippen LogP contribution in [0, 0.1) is 0 Å². The molecule has 7 nitrogen and oxygen atoms in total. The third-order valence-electron chi connectivity index (χ3n) is 4.20. The summed E-state index contributed by atoms with van der Waals surface area (Å²) in [6.07, 6.45) is 1.62. The number of hydrogen-bond donors (Lipinski definition) is 0. The van der Waals surface area contributed by atoms with E-state index in [4.69, 9.17) is 0 Å². The fourth-order valence-electron chi connectivity index (χ4n) is 3.01. The Morgan fingerprint density at radius 3 is 2.61 bits per heavy atom. The van der Waals surface area contributed by atoms with Crippen LogP contribution in [0.5, 0.6) is 0 Å². The van der Waals surface area contributed by atoms with Gasteiger partial charge in [-0.05, 0) is 15.9 Å². The van der Waals surface area contributed by atoms with E-state index in [1.807, 2.05) is 18.8 Å². The lowest BCUT2D eigenvalue weighted by molar-refractivity contribution is 0.391. The largest absolute Gasteiger partial charge is 0.352 e. The van der Waals surface area contributed by atoms with Crippen LogP contribution in [-0.4, -0.2) is 67.8 Å². The van der Waals surface area contributed by atoms with E-state index in [-0.39, 0.29) is 0 Å². The van der Waals surface area contributed by atoms with Crippen LogP contribution in [0.4, 0.5) is 5.82 Å². The van der Waals surface area contributed by atoms with Crippen LogP contribution in [0.15, 0.2) is 15.9 Å². The highest BCUT2D eigenvalue weighted by Gasteiger charge is 2.27. The van der Waals surface area contributed by atoms with Gasteiger partial charge in [0.2, 0.25) is 0 Å². The molecule has 23 heavy (non-hydrogen) atoms. The molecule has 0 amide bonds. The highest BCUT2D eigenvalue weighted by molar-refractivity contribution is 9.10. The van der Waals surface area contributed by atoms with Crippen LogP contribution in [0.2, 0.25) is 0 Å². The second kappa shape index (κ2) is 5.94. The molecule has 2 aliphatic heterocycles. The van der Waals surface area contributed by atoms with Crippen LogP contribution in [0.1, 0.15) is 6.92 Å². The van der Waals surface area contributed by atoms with Gasteiger partial charge in [-0.2, -0.15) is 5.10 Å². The third kappa shape index (κ3) is 2.69. The summed E-state index contributed by atoms with van der Waals surface area (Å²) in [5, 5.41) is 7.20. The quantitative estimate of drug-likeness (QED) is 0.732. The molecule has 2 aromatic rings. The van der Waals surface area contributed by atoms with E-state index in [1.165, 1.54) is 5.17 Å². The van der Waals surface area contributed by atoms with Crippen molar-refractivity contribution >= 4 is 49.7 Å². The van der Waals surface area contributed by atoms with Crippen LogP contribution in [0.25, 0.3) is 11.0 Å². The number of amidine groups is 1. The fourth-order valence-corrected chi connectivity index (χ4v) is 4.59. The zero-order valence-electron chi connectivity index (χ0n) is 13.1. The molecule has 0 aromatic carbocycles. The van der Waals surface area contributed by atoms with E-state index in [1.54, 1.807) is 11.0 Å². The van der Waals surface area contributed by atoms with Gasteiger partial charge in [-0.3, -0.25) is 4.99 Å². The second-order valence-corrected chi connectivity index (χ2v) is 7.99. The van der Waals surface area contributed by atoms with Crippen LogP contribution >= 0.6 is 27.7 Å². The maximum Gasteiger partial charge on any atom is 0.164 e. The Balaban J connectivity index is 1.55. The predicted molar refractivity (Wildman–Crippen MR) is 97.1 cm³/mol. The smallest absolute Gasteiger partial charge is 0.164 e. The number of piperazine rings is 1. The zero-order valence-corrected chi connectivity index (χ0v) is 15.5. The number of aryl methyl sites for hydroxylation is 1. The topological polar surface area (TPSA) is 62.4 Å². The van der Waals surface area contributed by atoms with Crippen LogP contribution in [-0.2, 0) is 7.05 Å². The second-order valence-electron chi connectivity index (χ2n) is 5.84. The van der Waals surface area contributed by atoms with Crippen molar-refractivity contribution in [3.05, 3.63) is 10.9 Å². The molecule has 1 fully saturated rings. The van der Waals surface area contributed by atoms with Crippen molar-refractivity contribution in [1.82, 2.24) is 24.6 Å². The fraction of sp³-hybridized carbons (Fsp3) is 0.571. The first-order chi connectivity index (χ1) is 11.1. The van der Waals surface area contributed by atoms with Crippen molar-refractivity contribution in [3.63, 3.8) is 0 Å². The highest BCUT2D eigenvalue weighted by Crippen LogP contribution is 2.30. The number of fused-ring (bicyclic) bond motifs is 1. The Hall–Kier alpha value is -1.35. The van der Waals surface area contributed by atoms with E-state index < -0.39 is 0 Å². The first-order valence-corrected chi connectivity index (χ1v) is 9.35. The third-order valence-corrected chi connectivity index (χ3v) is 5.90. The first kappa shape index (κ1) is 15.2. The lowest BCUT2D eigenvalue weighted by atomic mass is 10.3. The van der Waals surface area contributed by atoms with Gasteiger partial charge in [0.25, 0.3) is 0 Å². The normalized spacial score (nSPS) is 22.0. The van der Waals surface area contributed by atoms with Crippen molar-refractivity contribution in [2.75, 3.05) is 37.6 Å². The van der Waals surface area contributed by atoms with Crippen molar-refractivity contribution in [3.8, 4) is 0 Å². The van der Waals surface area contributed by atoms with E-state index in [0.29, 0.717) is 5.25 Å². The van der Waals surface area contributed by atoms with Crippen molar-refractivity contribution < 1.29 is 0 Å². The molecule has 0 aliphatic carbocycles. The van der Waals surface area contributed by atoms with Crippen LogP contribution in [0.3, 0.4) is 0 Å². The minimum atomic E-state index is 0.607. The van der Waals surface area contributed by atoms with Gasteiger partial charge in [0.15, 0.2) is 10.8 Å². The molecule has 1 atom stereocenters. The van der Waals surface area contributed by atoms with Crippen molar-refractivity contribution in [2.45, 2.75) is 12.2 Å². The molecule has 0 spiro atoms. The Labute approximate surface area is 147 Å². The standard InChI is InChI=1S/C14H18BrN7S/c1-9-7-16-14(23-9)22-5-3-21(4-6-22)13-10-11(15)19-20(2)12(10)17-8-18-13/h8-9H,3-7H2,1-2H3. The number of anilines is 1. The summed E-state index contributed by atoms with van der Waals surface area (Å²) in [6.45, 7) is 6.98. The molecule has 0 bridgehead atoms. The summed E-state index contributed by atoms with van der Waals surface area (Å²) in [7, 11) is 1.90. The van der Waals surface area contributed by atoms with Gasteiger partial charge in [-0.15, -0.1) is 0 Å². The minimum Gasteiger partial charge on any atom is -0.352 e. The molecular formula is C14H18BrN7S. The van der Waals surface area contributed by atoms with Gasteiger partial charge in [0, 0.05) is 38.5 Å². The Bertz CT molecular complexity index is 766. The lowest BCUT2D eigenvalue weighted by Gasteiger charge is -2.36. The van der Waals surface area contributed by atoms with E-state index in [2.05, 4.69) is 52.7 Å². The molecule has 2 aliphatic rings. The summed E-state index contributed by atoms with van der Waals surface area (Å²) < 4.78 is 2.59. The number of hydrogen-bond acceptors (Lipinski definition) is 7. The van der Waals surface area contributed by atoms with Crippen LogP contribution < -0.4 is 4.90 Å². The molecule has 0 saturated carbocycles. The lowest BCUT2D eigenvalue weighted by Crippen LogP contribution is -2.48. The molecule has 2 aromatic heterocycles. The van der Waals surface area contributed by atoms with Crippen molar-refractivity contribution in [2.24, 2.45) is 12.0 Å².